The zero-order valence-electron chi connectivity index (χ0n) is 12.6. The summed E-state index contributed by atoms with van der Waals surface area (Å²) in [6, 6.07) is 5.15. The second kappa shape index (κ2) is 8.03. The molecule has 0 aromatic heterocycles. The van der Waals surface area contributed by atoms with Gasteiger partial charge in [0, 0.05) is 23.6 Å². The number of aliphatic carboxylic acids is 1. The fraction of sp³-hybridized carbons (Fsp3) is 0.500. The minimum atomic E-state index is -0.839. The zero-order chi connectivity index (χ0) is 16.0. The van der Waals surface area contributed by atoms with Crippen molar-refractivity contribution in [2.45, 2.75) is 33.6 Å². The highest BCUT2D eigenvalue weighted by molar-refractivity contribution is 6.31. The first kappa shape index (κ1) is 17.5. The molecule has 116 valence electrons. The van der Waals surface area contributed by atoms with Crippen molar-refractivity contribution in [2.75, 3.05) is 6.54 Å². The number of amides is 1. The van der Waals surface area contributed by atoms with Crippen LogP contribution in [0.3, 0.4) is 0 Å². The molecule has 21 heavy (non-hydrogen) atoms. The molecule has 5 heteroatoms. The van der Waals surface area contributed by atoms with E-state index in [0.717, 1.165) is 12.0 Å². The van der Waals surface area contributed by atoms with E-state index in [2.05, 4.69) is 5.32 Å². The average Bonchev–Trinajstić information content (AvgIpc) is 2.37. The summed E-state index contributed by atoms with van der Waals surface area (Å²) in [5.41, 5.74) is 1.37. The summed E-state index contributed by atoms with van der Waals surface area (Å²) in [6.45, 7) is 6.28. The van der Waals surface area contributed by atoms with Crippen molar-refractivity contribution in [2.24, 2.45) is 11.8 Å². The standard InChI is InChI=1S/C16H22ClNO3/c1-10(2)6-12(7-15(19)20)9-18-16(21)14-8-13(17)5-4-11(14)3/h4-5,8,10,12H,6-7,9H2,1-3H3,(H,18,21)(H,19,20)/t12-/m0/s1. The average molecular weight is 312 g/mol. The summed E-state index contributed by atoms with van der Waals surface area (Å²) in [5.74, 6) is -0.729. The van der Waals surface area contributed by atoms with Gasteiger partial charge in [0.1, 0.15) is 0 Å². The Morgan fingerprint density at radius 2 is 2.00 bits per heavy atom. The highest BCUT2D eigenvalue weighted by atomic mass is 35.5. The Hall–Kier alpha value is -1.55. The van der Waals surface area contributed by atoms with E-state index in [1.54, 1.807) is 18.2 Å². The van der Waals surface area contributed by atoms with Crippen molar-refractivity contribution in [3.8, 4) is 0 Å². The van der Waals surface area contributed by atoms with E-state index in [9.17, 15) is 9.59 Å². The molecular formula is C16H22ClNO3. The third kappa shape index (κ3) is 6.17. The lowest BCUT2D eigenvalue weighted by Crippen LogP contribution is -2.31. The Morgan fingerprint density at radius 3 is 2.57 bits per heavy atom. The van der Waals surface area contributed by atoms with Crippen LogP contribution in [0.15, 0.2) is 18.2 Å². The van der Waals surface area contributed by atoms with Gasteiger partial charge in [-0.05, 0) is 42.9 Å². The van der Waals surface area contributed by atoms with Crippen molar-refractivity contribution < 1.29 is 14.7 Å². The van der Waals surface area contributed by atoms with Crippen LogP contribution in [-0.4, -0.2) is 23.5 Å². The lowest BCUT2D eigenvalue weighted by molar-refractivity contribution is -0.138. The number of carboxylic acids is 1. The number of halogens is 1. The van der Waals surface area contributed by atoms with Crippen LogP contribution < -0.4 is 5.32 Å². The highest BCUT2D eigenvalue weighted by Gasteiger charge is 2.17. The van der Waals surface area contributed by atoms with Gasteiger partial charge in [-0.25, -0.2) is 0 Å². The summed E-state index contributed by atoms with van der Waals surface area (Å²) in [7, 11) is 0. The molecule has 1 atom stereocenters. The molecule has 0 spiro atoms. The summed E-state index contributed by atoms with van der Waals surface area (Å²) < 4.78 is 0. The first-order valence-corrected chi connectivity index (χ1v) is 7.43. The van der Waals surface area contributed by atoms with Gasteiger partial charge in [-0.2, -0.15) is 0 Å². The van der Waals surface area contributed by atoms with Crippen LogP contribution in [0.4, 0.5) is 0 Å². The molecule has 0 saturated carbocycles. The van der Waals surface area contributed by atoms with Crippen LogP contribution in [0.1, 0.15) is 42.6 Å². The molecule has 1 rings (SSSR count). The minimum absolute atomic E-state index is 0.0625. The maximum atomic E-state index is 12.2. The lowest BCUT2D eigenvalue weighted by Gasteiger charge is -2.18. The van der Waals surface area contributed by atoms with Gasteiger partial charge in [-0.1, -0.05) is 31.5 Å². The Balaban J connectivity index is 2.68. The molecule has 1 aromatic rings. The van der Waals surface area contributed by atoms with E-state index in [1.165, 1.54) is 0 Å². The number of aryl methyl sites for hydroxylation is 1. The molecule has 0 unspecified atom stereocenters. The molecule has 0 aliphatic heterocycles. The maximum Gasteiger partial charge on any atom is 0.303 e. The summed E-state index contributed by atoms with van der Waals surface area (Å²) >= 11 is 5.90. The number of hydrogen-bond acceptors (Lipinski definition) is 2. The van der Waals surface area contributed by atoms with E-state index in [0.29, 0.717) is 23.0 Å². The third-order valence-corrected chi connectivity index (χ3v) is 3.50. The van der Waals surface area contributed by atoms with Crippen LogP contribution in [0.2, 0.25) is 5.02 Å². The van der Waals surface area contributed by atoms with Gasteiger partial charge in [0.15, 0.2) is 0 Å². The van der Waals surface area contributed by atoms with Crippen molar-refractivity contribution in [3.05, 3.63) is 34.3 Å². The summed E-state index contributed by atoms with van der Waals surface area (Å²) in [5, 5.41) is 12.3. The van der Waals surface area contributed by atoms with E-state index in [1.807, 2.05) is 20.8 Å². The van der Waals surface area contributed by atoms with E-state index in [-0.39, 0.29) is 18.2 Å². The van der Waals surface area contributed by atoms with Gasteiger partial charge < -0.3 is 10.4 Å². The molecule has 4 nitrogen and oxygen atoms in total. The van der Waals surface area contributed by atoms with E-state index in [4.69, 9.17) is 16.7 Å². The lowest BCUT2D eigenvalue weighted by atomic mass is 9.94. The second-order valence-corrected chi connectivity index (χ2v) is 6.20. The largest absolute Gasteiger partial charge is 0.481 e. The molecule has 0 bridgehead atoms. The fourth-order valence-corrected chi connectivity index (χ4v) is 2.50. The van der Waals surface area contributed by atoms with Gasteiger partial charge in [0.2, 0.25) is 0 Å². The fourth-order valence-electron chi connectivity index (χ4n) is 2.32. The predicted molar refractivity (Wildman–Crippen MR) is 83.7 cm³/mol. The van der Waals surface area contributed by atoms with Gasteiger partial charge in [0.25, 0.3) is 5.91 Å². The number of benzene rings is 1. The molecule has 2 N–H and O–H groups in total. The first-order chi connectivity index (χ1) is 9.79. The van der Waals surface area contributed by atoms with Gasteiger partial charge in [-0.15, -0.1) is 0 Å². The van der Waals surface area contributed by atoms with Crippen molar-refractivity contribution >= 4 is 23.5 Å². The Bertz CT molecular complexity index is 514. The molecular weight excluding hydrogens is 290 g/mol. The Morgan fingerprint density at radius 1 is 1.33 bits per heavy atom. The number of nitrogens with one attached hydrogen (secondary N) is 1. The molecule has 1 aromatic carbocycles. The van der Waals surface area contributed by atoms with Crippen LogP contribution >= 0.6 is 11.6 Å². The van der Waals surface area contributed by atoms with Crippen molar-refractivity contribution in [1.82, 2.24) is 5.32 Å². The second-order valence-electron chi connectivity index (χ2n) is 5.76. The van der Waals surface area contributed by atoms with Crippen LogP contribution in [0, 0.1) is 18.8 Å². The van der Waals surface area contributed by atoms with Crippen molar-refractivity contribution in [3.63, 3.8) is 0 Å². The maximum absolute atomic E-state index is 12.2. The molecule has 0 radical (unpaired) electrons. The SMILES string of the molecule is Cc1ccc(Cl)cc1C(=O)NC[C@H](CC(=O)O)CC(C)C. The molecule has 1 amide bonds. The molecule has 0 fully saturated rings. The van der Waals surface area contributed by atoms with Crippen molar-refractivity contribution in [1.29, 1.82) is 0 Å². The van der Waals surface area contributed by atoms with E-state index >= 15 is 0 Å². The smallest absolute Gasteiger partial charge is 0.303 e. The number of carbonyl (C=O) groups excluding carboxylic acids is 1. The topological polar surface area (TPSA) is 66.4 Å². The molecule has 0 saturated heterocycles. The third-order valence-electron chi connectivity index (χ3n) is 3.26. The van der Waals surface area contributed by atoms with Crippen LogP contribution in [-0.2, 0) is 4.79 Å². The number of rotatable bonds is 7. The quantitative estimate of drug-likeness (QED) is 0.809. The van der Waals surface area contributed by atoms with Gasteiger partial charge in [-0.3, -0.25) is 9.59 Å². The van der Waals surface area contributed by atoms with Gasteiger partial charge in [0.05, 0.1) is 0 Å². The molecule has 0 heterocycles. The van der Waals surface area contributed by atoms with Crippen LogP contribution in [0.25, 0.3) is 0 Å². The summed E-state index contributed by atoms with van der Waals surface area (Å²) in [6.07, 6.45) is 0.827. The Labute approximate surface area is 130 Å². The minimum Gasteiger partial charge on any atom is -0.481 e. The highest BCUT2D eigenvalue weighted by Crippen LogP contribution is 2.17. The van der Waals surface area contributed by atoms with Gasteiger partial charge >= 0.3 is 5.97 Å². The molecule has 0 aliphatic carbocycles. The monoisotopic (exact) mass is 311 g/mol. The number of hydrogen-bond donors (Lipinski definition) is 2. The number of carboxylic acid groups (broad SMARTS) is 1. The zero-order valence-corrected chi connectivity index (χ0v) is 13.4. The number of carbonyl (C=O) groups is 2. The Kier molecular flexibility index (Phi) is 6.69. The molecule has 0 aliphatic rings. The first-order valence-electron chi connectivity index (χ1n) is 7.05. The van der Waals surface area contributed by atoms with Crippen LogP contribution in [0.5, 0.6) is 0 Å². The predicted octanol–water partition coefficient (Wildman–Crippen LogP) is 3.52. The normalized spacial score (nSPS) is 12.2. The summed E-state index contributed by atoms with van der Waals surface area (Å²) in [4.78, 5) is 23.1. The van der Waals surface area contributed by atoms with E-state index < -0.39 is 5.97 Å².